The summed E-state index contributed by atoms with van der Waals surface area (Å²) < 4.78 is 16.2. The molecule has 0 atom stereocenters. The fourth-order valence-corrected chi connectivity index (χ4v) is 1.56. The van der Waals surface area contributed by atoms with Crippen molar-refractivity contribution in [2.45, 2.75) is 26.6 Å². The minimum absolute atomic E-state index is 0.0147. The third-order valence-corrected chi connectivity index (χ3v) is 2.37. The van der Waals surface area contributed by atoms with Gasteiger partial charge < -0.3 is 19.3 Å². The summed E-state index contributed by atoms with van der Waals surface area (Å²) in [6.45, 7) is 5.22. The number of hydrogen-bond donors (Lipinski definition) is 1. The molecule has 1 aromatic rings. The standard InChI is InChI=1S/C14H20O5/c1-3-17-14(18-4-2)10-19-12-7-5-11(6-8-12)9-13(15)16/h5-8,14H,3-4,9-10H2,1-2H3,(H,15,16). The highest BCUT2D eigenvalue weighted by atomic mass is 16.7. The van der Waals surface area contributed by atoms with Gasteiger partial charge in [0.05, 0.1) is 6.42 Å². The largest absolute Gasteiger partial charge is 0.488 e. The summed E-state index contributed by atoms with van der Waals surface area (Å²) in [5.74, 6) is -0.181. The summed E-state index contributed by atoms with van der Waals surface area (Å²) in [5.41, 5.74) is 0.742. The second kappa shape index (κ2) is 8.50. The molecule has 0 heterocycles. The number of hydrogen-bond acceptors (Lipinski definition) is 4. The van der Waals surface area contributed by atoms with Gasteiger partial charge in [-0.1, -0.05) is 12.1 Å². The minimum atomic E-state index is -0.846. The van der Waals surface area contributed by atoms with Crippen molar-refractivity contribution in [3.8, 4) is 5.75 Å². The second-order valence-corrected chi connectivity index (χ2v) is 3.87. The molecule has 0 aliphatic rings. The molecule has 1 rings (SSSR count). The lowest BCUT2D eigenvalue weighted by Gasteiger charge is -2.17. The molecule has 0 amide bonds. The van der Waals surface area contributed by atoms with E-state index in [1.807, 2.05) is 13.8 Å². The average molecular weight is 268 g/mol. The zero-order chi connectivity index (χ0) is 14.1. The fourth-order valence-electron chi connectivity index (χ4n) is 1.56. The van der Waals surface area contributed by atoms with Crippen molar-refractivity contribution in [1.29, 1.82) is 0 Å². The molecule has 0 aliphatic carbocycles. The minimum Gasteiger partial charge on any atom is -0.488 e. The highest BCUT2D eigenvalue weighted by molar-refractivity contribution is 5.70. The Morgan fingerprint density at radius 3 is 2.21 bits per heavy atom. The van der Waals surface area contributed by atoms with Crippen LogP contribution in [0.5, 0.6) is 5.75 Å². The van der Waals surface area contributed by atoms with Gasteiger partial charge in [-0.05, 0) is 31.5 Å². The molecular weight excluding hydrogens is 248 g/mol. The summed E-state index contributed by atoms with van der Waals surface area (Å²) in [6, 6.07) is 6.96. The van der Waals surface area contributed by atoms with Crippen LogP contribution in [0.4, 0.5) is 0 Å². The first-order chi connectivity index (χ1) is 9.15. The molecule has 1 N–H and O–H groups in total. The maximum atomic E-state index is 10.5. The van der Waals surface area contributed by atoms with E-state index >= 15 is 0 Å². The van der Waals surface area contributed by atoms with E-state index in [1.165, 1.54) is 0 Å². The van der Waals surface area contributed by atoms with E-state index in [0.29, 0.717) is 25.6 Å². The van der Waals surface area contributed by atoms with Gasteiger partial charge in [-0.25, -0.2) is 0 Å². The second-order valence-electron chi connectivity index (χ2n) is 3.87. The smallest absolute Gasteiger partial charge is 0.307 e. The number of ether oxygens (including phenoxy) is 3. The van der Waals surface area contributed by atoms with Crippen LogP contribution in [0.15, 0.2) is 24.3 Å². The van der Waals surface area contributed by atoms with Crippen LogP contribution in [-0.4, -0.2) is 37.2 Å². The van der Waals surface area contributed by atoms with Crippen LogP contribution in [0, 0.1) is 0 Å². The molecule has 0 spiro atoms. The fraction of sp³-hybridized carbons (Fsp3) is 0.500. The number of carbonyl (C=O) groups is 1. The van der Waals surface area contributed by atoms with Crippen molar-refractivity contribution in [2.24, 2.45) is 0 Å². The topological polar surface area (TPSA) is 65.0 Å². The molecule has 0 fully saturated rings. The molecule has 0 saturated carbocycles. The van der Waals surface area contributed by atoms with Gasteiger partial charge in [-0.3, -0.25) is 4.79 Å². The lowest BCUT2D eigenvalue weighted by Crippen LogP contribution is -2.25. The zero-order valence-electron chi connectivity index (χ0n) is 11.3. The van der Waals surface area contributed by atoms with Crippen LogP contribution in [0.2, 0.25) is 0 Å². The van der Waals surface area contributed by atoms with Crippen molar-refractivity contribution in [3.63, 3.8) is 0 Å². The molecule has 1 aromatic carbocycles. The summed E-state index contributed by atoms with van der Waals surface area (Å²) in [4.78, 5) is 10.5. The Bertz CT molecular complexity index is 368. The van der Waals surface area contributed by atoms with Crippen molar-refractivity contribution in [3.05, 3.63) is 29.8 Å². The number of carboxylic acid groups (broad SMARTS) is 1. The molecular formula is C14H20O5. The van der Waals surface area contributed by atoms with Gasteiger partial charge in [0.1, 0.15) is 12.4 Å². The summed E-state index contributed by atoms with van der Waals surface area (Å²) in [6.07, 6.45) is -0.366. The van der Waals surface area contributed by atoms with Crippen LogP contribution < -0.4 is 4.74 Å². The Hall–Kier alpha value is -1.59. The number of aliphatic carboxylic acids is 1. The molecule has 0 aromatic heterocycles. The van der Waals surface area contributed by atoms with E-state index in [4.69, 9.17) is 19.3 Å². The van der Waals surface area contributed by atoms with Gasteiger partial charge in [0.15, 0.2) is 6.29 Å². The van der Waals surface area contributed by atoms with Crippen molar-refractivity contribution < 1.29 is 24.1 Å². The van der Waals surface area contributed by atoms with Gasteiger partial charge in [0, 0.05) is 13.2 Å². The first kappa shape index (κ1) is 15.5. The lowest BCUT2D eigenvalue weighted by molar-refractivity contribution is -0.152. The Kier molecular flexibility index (Phi) is 6.92. The molecule has 0 aliphatic heterocycles. The van der Waals surface area contributed by atoms with E-state index in [1.54, 1.807) is 24.3 Å². The Morgan fingerprint density at radius 2 is 1.74 bits per heavy atom. The first-order valence-electron chi connectivity index (χ1n) is 6.32. The predicted octanol–water partition coefficient (Wildman–Crippen LogP) is 2.09. The van der Waals surface area contributed by atoms with Crippen LogP contribution in [0.25, 0.3) is 0 Å². The van der Waals surface area contributed by atoms with Crippen molar-refractivity contribution in [2.75, 3.05) is 19.8 Å². The molecule has 0 saturated heterocycles. The summed E-state index contributed by atoms with van der Waals surface area (Å²) >= 11 is 0. The molecule has 0 unspecified atom stereocenters. The molecule has 106 valence electrons. The Labute approximate surface area is 113 Å². The highest BCUT2D eigenvalue weighted by Gasteiger charge is 2.09. The quantitative estimate of drug-likeness (QED) is 0.695. The summed E-state index contributed by atoms with van der Waals surface area (Å²) in [5, 5.41) is 8.67. The maximum absolute atomic E-state index is 10.5. The maximum Gasteiger partial charge on any atom is 0.307 e. The molecule has 0 bridgehead atoms. The Balaban J connectivity index is 2.45. The van der Waals surface area contributed by atoms with Gasteiger partial charge >= 0.3 is 5.97 Å². The molecule has 5 nitrogen and oxygen atoms in total. The third kappa shape index (κ3) is 6.22. The SMILES string of the molecule is CCOC(COc1ccc(CC(=O)O)cc1)OCC. The van der Waals surface area contributed by atoms with Crippen molar-refractivity contribution in [1.82, 2.24) is 0 Å². The molecule has 0 radical (unpaired) electrons. The number of rotatable bonds is 9. The van der Waals surface area contributed by atoms with Crippen LogP contribution in [-0.2, 0) is 20.7 Å². The zero-order valence-corrected chi connectivity index (χ0v) is 11.3. The van der Waals surface area contributed by atoms with Crippen molar-refractivity contribution >= 4 is 5.97 Å². The van der Waals surface area contributed by atoms with Gasteiger partial charge in [0.25, 0.3) is 0 Å². The van der Waals surface area contributed by atoms with Gasteiger partial charge in [0.2, 0.25) is 0 Å². The normalized spacial score (nSPS) is 10.7. The average Bonchev–Trinajstić information content (AvgIpc) is 2.37. The Morgan fingerprint density at radius 1 is 1.16 bits per heavy atom. The predicted molar refractivity (Wildman–Crippen MR) is 70.3 cm³/mol. The van der Waals surface area contributed by atoms with Gasteiger partial charge in [-0.2, -0.15) is 0 Å². The molecule has 5 heteroatoms. The van der Waals surface area contributed by atoms with E-state index in [9.17, 15) is 4.79 Å². The molecule has 19 heavy (non-hydrogen) atoms. The highest BCUT2D eigenvalue weighted by Crippen LogP contribution is 2.13. The van der Waals surface area contributed by atoms with Gasteiger partial charge in [-0.15, -0.1) is 0 Å². The summed E-state index contributed by atoms with van der Waals surface area (Å²) in [7, 11) is 0. The van der Waals surface area contributed by atoms with E-state index in [2.05, 4.69) is 0 Å². The lowest BCUT2D eigenvalue weighted by atomic mass is 10.1. The first-order valence-corrected chi connectivity index (χ1v) is 6.32. The van der Waals surface area contributed by atoms with Crippen LogP contribution >= 0.6 is 0 Å². The third-order valence-electron chi connectivity index (χ3n) is 2.37. The van der Waals surface area contributed by atoms with E-state index in [0.717, 1.165) is 5.56 Å². The van der Waals surface area contributed by atoms with E-state index < -0.39 is 5.97 Å². The number of benzene rings is 1. The van der Waals surface area contributed by atoms with Crippen LogP contribution in [0.3, 0.4) is 0 Å². The number of carboxylic acids is 1. The monoisotopic (exact) mass is 268 g/mol. The van der Waals surface area contributed by atoms with Crippen LogP contribution in [0.1, 0.15) is 19.4 Å². The van der Waals surface area contributed by atoms with E-state index in [-0.39, 0.29) is 12.7 Å².